The minimum Gasteiger partial charge on any atom is -0.464 e. The molecule has 0 saturated heterocycles. The van der Waals surface area contributed by atoms with Crippen molar-refractivity contribution in [3.63, 3.8) is 0 Å². The zero-order valence-corrected chi connectivity index (χ0v) is 10.8. The topological polar surface area (TPSA) is 63.8 Å². The number of fused-ring (bicyclic) bond motifs is 1. The first-order chi connectivity index (χ1) is 9.22. The van der Waals surface area contributed by atoms with Crippen LogP contribution in [-0.4, -0.2) is 34.2 Å². The maximum atomic E-state index is 11.8. The summed E-state index contributed by atoms with van der Waals surface area (Å²) in [5.74, 6) is 0.319. The van der Waals surface area contributed by atoms with Crippen molar-refractivity contribution in [2.24, 2.45) is 0 Å². The SMILES string of the molecule is COC(=O)c1nc(C2(CO)CCC2)n2ccccc12. The third-order valence-electron chi connectivity index (χ3n) is 4.01. The highest BCUT2D eigenvalue weighted by molar-refractivity contribution is 5.95. The number of ether oxygens (including phenoxy) is 1. The molecule has 0 atom stereocenters. The summed E-state index contributed by atoms with van der Waals surface area (Å²) in [5, 5.41) is 9.68. The van der Waals surface area contributed by atoms with Gasteiger partial charge in [0.15, 0.2) is 5.69 Å². The average molecular weight is 260 g/mol. The minimum absolute atomic E-state index is 0.0572. The fourth-order valence-electron chi connectivity index (χ4n) is 2.71. The molecule has 0 aromatic carbocycles. The van der Waals surface area contributed by atoms with E-state index in [0.717, 1.165) is 30.6 Å². The fourth-order valence-corrected chi connectivity index (χ4v) is 2.71. The van der Waals surface area contributed by atoms with E-state index in [2.05, 4.69) is 4.98 Å². The van der Waals surface area contributed by atoms with Gasteiger partial charge < -0.3 is 14.2 Å². The first-order valence-corrected chi connectivity index (χ1v) is 6.38. The van der Waals surface area contributed by atoms with Crippen molar-refractivity contribution in [2.45, 2.75) is 24.7 Å². The molecule has 5 nitrogen and oxygen atoms in total. The predicted molar refractivity (Wildman–Crippen MR) is 69.1 cm³/mol. The molecule has 1 aliphatic rings. The number of aromatic nitrogens is 2. The number of aliphatic hydroxyl groups is 1. The van der Waals surface area contributed by atoms with E-state index in [1.165, 1.54) is 7.11 Å². The molecule has 0 amide bonds. The summed E-state index contributed by atoms with van der Waals surface area (Å²) in [6.45, 7) is 0.0572. The first kappa shape index (κ1) is 12.2. The first-order valence-electron chi connectivity index (χ1n) is 6.38. The number of carbonyl (C=O) groups excluding carboxylic acids is 1. The van der Waals surface area contributed by atoms with Crippen molar-refractivity contribution in [1.82, 2.24) is 9.38 Å². The molecule has 0 spiro atoms. The smallest absolute Gasteiger partial charge is 0.358 e. The molecule has 1 fully saturated rings. The maximum Gasteiger partial charge on any atom is 0.358 e. The summed E-state index contributed by atoms with van der Waals surface area (Å²) >= 11 is 0. The molecule has 19 heavy (non-hydrogen) atoms. The van der Waals surface area contributed by atoms with Crippen LogP contribution >= 0.6 is 0 Å². The minimum atomic E-state index is -0.442. The molecule has 5 heteroatoms. The van der Waals surface area contributed by atoms with Crippen molar-refractivity contribution in [3.8, 4) is 0 Å². The van der Waals surface area contributed by atoms with Gasteiger partial charge in [0.1, 0.15) is 5.82 Å². The second-order valence-electron chi connectivity index (χ2n) is 5.02. The normalized spacial score (nSPS) is 17.2. The van der Waals surface area contributed by atoms with E-state index < -0.39 is 5.97 Å². The van der Waals surface area contributed by atoms with E-state index >= 15 is 0 Å². The second-order valence-corrected chi connectivity index (χ2v) is 5.02. The Morgan fingerprint density at radius 2 is 2.32 bits per heavy atom. The van der Waals surface area contributed by atoms with Crippen molar-refractivity contribution in [2.75, 3.05) is 13.7 Å². The van der Waals surface area contributed by atoms with Gasteiger partial charge in [-0.15, -0.1) is 0 Å². The van der Waals surface area contributed by atoms with Crippen LogP contribution in [0.15, 0.2) is 24.4 Å². The van der Waals surface area contributed by atoms with E-state index in [-0.39, 0.29) is 12.0 Å². The van der Waals surface area contributed by atoms with Crippen LogP contribution < -0.4 is 0 Å². The van der Waals surface area contributed by atoms with Crippen LogP contribution in [0.1, 0.15) is 35.6 Å². The molecule has 2 aromatic rings. The third-order valence-corrected chi connectivity index (χ3v) is 4.01. The molecule has 0 aliphatic heterocycles. The van der Waals surface area contributed by atoms with Crippen LogP contribution in [-0.2, 0) is 10.2 Å². The Hall–Kier alpha value is -1.88. The third kappa shape index (κ3) is 1.65. The Morgan fingerprint density at radius 3 is 2.89 bits per heavy atom. The molecule has 2 heterocycles. The number of rotatable bonds is 3. The van der Waals surface area contributed by atoms with Crippen LogP contribution in [0.3, 0.4) is 0 Å². The van der Waals surface area contributed by atoms with Crippen LogP contribution in [0, 0.1) is 0 Å². The Labute approximate surface area is 110 Å². The summed E-state index contributed by atoms with van der Waals surface area (Å²) in [4.78, 5) is 16.3. The van der Waals surface area contributed by atoms with Gasteiger partial charge >= 0.3 is 5.97 Å². The maximum absolute atomic E-state index is 11.8. The van der Waals surface area contributed by atoms with Gasteiger partial charge in [-0.25, -0.2) is 9.78 Å². The van der Waals surface area contributed by atoms with Crippen LogP contribution in [0.4, 0.5) is 0 Å². The number of pyridine rings is 1. The summed E-state index contributed by atoms with van der Waals surface area (Å²) < 4.78 is 6.67. The lowest BCUT2D eigenvalue weighted by molar-refractivity contribution is 0.0595. The lowest BCUT2D eigenvalue weighted by Crippen LogP contribution is -2.39. The van der Waals surface area contributed by atoms with E-state index in [1.807, 2.05) is 28.8 Å². The van der Waals surface area contributed by atoms with Gasteiger partial charge in [-0.05, 0) is 25.0 Å². The van der Waals surface area contributed by atoms with Crippen LogP contribution in [0.2, 0.25) is 0 Å². The van der Waals surface area contributed by atoms with Gasteiger partial charge in [0.05, 0.1) is 24.6 Å². The molecule has 0 bridgehead atoms. The average Bonchev–Trinajstić information content (AvgIpc) is 2.78. The van der Waals surface area contributed by atoms with Gasteiger partial charge in [-0.3, -0.25) is 0 Å². The van der Waals surface area contributed by atoms with Gasteiger partial charge in [0, 0.05) is 6.20 Å². The van der Waals surface area contributed by atoms with Gasteiger partial charge in [0.25, 0.3) is 0 Å². The number of aliphatic hydroxyl groups excluding tert-OH is 1. The monoisotopic (exact) mass is 260 g/mol. The molecule has 100 valence electrons. The number of hydrogen-bond donors (Lipinski definition) is 1. The summed E-state index contributed by atoms with van der Waals surface area (Å²) in [5.41, 5.74) is 0.734. The largest absolute Gasteiger partial charge is 0.464 e. The van der Waals surface area contributed by atoms with Crippen molar-refractivity contribution < 1.29 is 14.6 Å². The quantitative estimate of drug-likeness (QED) is 0.850. The van der Waals surface area contributed by atoms with Crippen molar-refractivity contribution in [3.05, 3.63) is 35.9 Å². The van der Waals surface area contributed by atoms with Crippen LogP contribution in [0.25, 0.3) is 5.52 Å². The number of esters is 1. The molecule has 1 aliphatic carbocycles. The number of methoxy groups -OCH3 is 1. The number of carbonyl (C=O) groups is 1. The van der Waals surface area contributed by atoms with Crippen LogP contribution in [0.5, 0.6) is 0 Å². The highest BCUT2D eigenvalue weighted by Gasteiger charge is 2.42. The standard InChI is InChI=1S/C14H16N2O3/c1-19-12(18)11-10-5-2-3-8-16(10)13(15-11)14(9-17)6-4-7-14/h2-3,5,8,17H,4,6-7,9H2,1H3. The lowest BCUT2D eigenvalue weighted by atomic mass is 9.69. The molecular weight excluding hydrogens is 244 g/mol. The molecule has 1 N–H and O–H groups in total. The highest BCUT2D eigenvalue weighted by atomic mass is 16.5. The lowest BCUT2D eigenvalue weighted by Gasteiger charge is -2.38. The molecule has 0 unspecified atom stereocenters. The zero-order valence-electron chi connectivity index (χ0n) is 10.8. The highest BCUT2D eigenvalue weighted by Crippen LogP contribution is 2.43. The molecule has 0 radical (unpaired) electrons. The van der Waals surface area contributed by atoms with E-state index in [9.17, 15) is 9.90 Å². The van der Waals surface area contributed by atoms with E-state index in [1.54, 1.807) is 0 Å². The zero-order chi connectivity index (χ0) is 13.5. The van der Waals surface area contributed by atoms with Gasteiger partial charge in [-0.2, -0.15) is 0 Å². The van der Waals surface area contributed by atoms with E-state index in [4.69, 9.17) is 4.74 Å². The molecule has 3 rings (SSSR count). The van der Waals surface area contributed by atoms with E-state index in [0.29, 0.717) is 5.69 Å². The van der Waals surface area contributed by atoms with Gasteiger partial charge in [-0.1, -0.05) is 12.5 Å². The van der Waals surface area contributed by atoms with Crippen molar-refractivity contribution >= 4 is 11.5 Å². The number of imidazole rings is 1. The Kier molecular flexibility index (Phi) is 2.78. The molecular formula is C14H16N2O3. The Morgan fingerprint density at radius 1 is 1.53 bits per heavy atom. The predicted octanol–water partition coefficient (Wildman–Crippen LogP) is 1.53. The van der Waals surface area contributed by atoms with Crippen molar-refractivity contribution in [1.29, 1.82) is 0 Å². The number of nitrogens with zero attached hydrogens (tertiary/aromatic N) is 2. The molecule has 2 aromatic heterocycles. The van der Waals surface area contributed by atoms with Gasteiger partial charge in [0.2, 0.25) is 0 Å². The summed E-state index contributed by atoms with van der Waals surface area (Å²) in [6.07, 6.45) is 4.76. The summed E-state index contributed by atoms with van der Waals surface area (Å²) in [7, 11) is 1.35. The fraction of sp³-hybridized carbons (Fsp3) is 0.429. The Balaban J connectivity index is 2.23. The summed E-state index contributed by atoms with van der Waals surface area (Å²) in [6, 6.07) is 5.59. The Bertz CT molecular complexity index is 623. The number of hydrogen-bond acceptors (Lipinski definition) is 4. The molecule has 1 saturated carbocycles. The second kappa shape index (κ2) is 4.35.